The third-order valence-corrected chi connectivity index (χ3v) is 4.20. The molecule has 1 amide bonds. The minimum atomic E-state index is -0.0394. The molecule has 1 saturated heterocycles. The van der Waals surface area contributed by atoms with Crippen molar-refractivity contribution in [1.29, 1.82) is 0 Å². The van der Waals surface area contributed by atoms with Crippen molar-refractivity contribution in [3.8, 4) is 0 Å². The SMILES string of the molecule is CCc1cc(C(=O)N2CCNCC2c2cccc(Cl)c2)n[nH]1. The van der Waals surface area contributed by atoms with Gasteiger partial charge in [0.25, 0.3) is 5.91 Å². The Morgan fingerprint density at radius 1 is 1.45 bits per heavy atom. The van der Waals surface area contributed by atoms with Crippen molar-refractivity contribution in [2.75, 3.05) is 19.6 Å². The number of aryl methyl sites for hydroxylation is 1. The molecule has 22 heavy (non-hydrogen) atoms. The highest BCUT2D eigenvalue weighted by Gasteiger charge is 2.29. The van der Waals surface area contributed by atoms with Crippen molar-refractivity contribution in [2.45, 2.75) is 19.4 Å². The largest absolute Gasteiger partial charge is 0.328 e. The van der Waals surface area contributed by atoms with Gasteiger partial charge in [-0.25, -0.2) is 0 Å². The number of halogens is 1. The van der Waals surface area contributed by atoms with Gasteiger partial charge in [-0.2, -0.15) is 5.10 Å². The molecule has 0 aliphatic carbocycles. The summed E-state index contributed by atoms with van der Waals surface area (Å²) in [6.07, 6.45) is 0.833. The maximum atomic E-state index is 12.8. The highest BCUT2D eigenvalue weighted by atomic mass is 35.5. The molecule has 1 unspecified atom stereocenters. The average molecular weight is 319 g/mol. The van der Waals surface area contributed by atoms with Crippen LogP contribution >= 0.6 is 11.6 Å². The molecule has 2 N–H and O–H groups in total. The minimum Gasteiger partial charge on any atom is -0.328 e. The first kappa shape index (κ1) is 15.1. The third-order valence-electron chi connectivity index (χ3n) is 3.97. The minimum absolute atomic E-state index is 0.0262. The van der Waals surface area contributed by atoms with E-state index in [4.69, 9.17) is 11.6 Å². The summed E-state index contributed by atoms with van der Waals surface area (Å²) >= 11 is 6.09. The predicted octanol–water partition coefficient (Wildman–Crippen LogP) is 2.41. The number of aromatic amines is 1. The summed E-state index contributed by atoms with van der Waals surface area (Å²) in [7, 11) is 0. The quantitative estimate of drug-likeness (QED) is 0.913. The van der Waals surface area contributed by atoms with Crippen LogP contribution in [0.5, 0.6) is 0 Å². The van der Waals surface area contributed by atoms with E-state index in [-0.39, 0.29) is 11.9 Å². The topological polar surface area (TPSA) is 61.0 Å². The predicted molar refractivity (Wildman–Crippen MR) is 86.1 cm³/mol. The van der Waals surface area contributed by atoms with Crippen LogP contribution in [-0.2, 0) is 6.42 Å². The first-order chi connectivity index (χ1) is 10.7. The second kappa shape index (κ2) is 6.50. The number of H-pyrrole nitrogens is 1. The van der Waals surface area contributed by atoms with Crippen molar-refractivity contribution < 1.29 is 4.79 Å². The molecule has 1 aliphatic rings. The Bertz CT molecular complexity index is 670. The Morgan fingerprint density at radius 2 is 2.32 bits per heavy atom. The van der Waals surface area contributed by atoms with E-state index in [2.05, 4.69) is 15.5 Å². The van der Waals surface area contributed by atoms with Crippen LogP contribution in [0.2, 0.25) is 5.02 Å². The zero-order chi connectivity index (χ0) is 15.5. The molecule has 116 valence electrons. The van der Waals surface area contributed by atoms with Crippen molar-refractivity contribution in [3.63, 3.8) is 0 Å². The summed E-state index contributed by atoms with van der Waals surface area (Å²) in [6, 6.07) is 9.49. The molecule has 0 radical (unpaired) electrons. The molecule has 1 aliphatic heterocycles. The van der Waals surface area contributed by atoms with Gasteiger partial charge in [-0.3, -0.25) is 9.89 Å². The molecule has 3 rings (SSSR count). The summed E-state index contributed by atoms with van der Waals surface area (Å²) in [4.78, 5) is 14.7. The Balaban J connectivity index is 1.87. The van der Waals surface area contributed by atoms with Crippen LogP contribution in [0.1, 0.15) is 34.7 Å². The summed E-state index contributed by atoms with van der Waals surface area (Å²) in [5.41, 5.74) is 2.49. The normalized spacial score (nSPS) is 18.5. The molecule has 1 aromatic carbocycles. The van der Waals surface area contributed by atoms with E-state index in [1.54, 1.807) is 0 Å². The molecule has 0 spiro atoms. The Labute approximate surface area is 134 Å². The number of carbonyl (C=O) groups is 1. The molecule has 2 aromatic rings. The molecule has 2 heterocycles. The Hall–Kier alpha value is -1.85. The number of benzene rings is 1. The number of hydrogen-bond acceptors (Lipinski definition) is 3. The summed E-state index contributed by atoms with van der Waals surface area (Å²) < 4.78 is 0. The van der Waals surface area contributed by atoms with Gasteiger partial charge in [-0.05, 0) is 30.2 Å². The van der Waals surface area contributed by atoms with Crippen molar-refractivity contribution in [1.82, 2.24) is 20.4 Å². The molecule has 1 fully saturated rings. The summed E-state index contributed by atoms with van der Waals surface area (Å²) in [6.45, 7) is 4.19. The average Bonchev–Trinajstić information content (AvgIpc) is 3.03. The molecule has 0 bridgehead atoms. The van der Waals surface area contributed by atoms with E-state index in [9.17, 15) is 4.79 Å². The molecule has 1 atom stereocenters. The zero-order valence-electron chi connectivity index (χ0n) is 12.5. The van der Waals surface area contributed by atoms with Gasteiger partial charge in [0.1, 0.15) is 5.69 Å². The summed E-state index contributed by atoms with van der Waals surface area (Å²) in [5.74, 6) is -0.0394. The fourth-order valence-corrected chi connectivity index (χ4v) is 2.96. The molecule has 0 saturated carbocycles. The number of rotatable bonds is 3. The fourth-order valence-electron chi connectivity index (χ4n) is 2.76. The second-order valence-electron chi connectivity index (χ2n) is 5.41. The molecule has 5 nitrogen and oxygen atoms in total. The lowest BCUT2D eigenvalue weighted by atomic mass is 10.0. The summed E-state index contributed by atoms with van der Waals surface area (Å²) in [5, 5.41) is 11.1. The van der Waals surface area contributed by atoms with E-state index in [1.807, 2.05) is 42.2 Å². The van der Waals surface area contributed by atoms with Crippen LogP contribution < -0.4 is 5.32 Å². The number of piperazine rings is 1. The Morgan fingerprint density at radius 3 is 3.05 bits per heavy atom. The Kier molecular flexibility index (Phi) is 4.45. The molecule has 1 aromatic heterocycles. The smallest absolute Gasteiger partial charge is 0.274 e. The van der Waals surface area contributed by atoms with Gasteiger partial charge in [0.05, 0.1) is 6.04 Å². The monoisotopic (exact) mass is 318 g/mol. The van der Waals surface area contributed by atoms with Gasteiger partial charge in [0.15, 0.2) is 0 Å². The fraction of sp³-hybridized carbons (Fsp3) is 0.375. The standard InChI is InChI=1S/C16H19ClN4O/c1-2-13-9-14(20-19-13)16(22)21-7-6-18-10-15(21)11-4-3-5-12(17)8-11/h3-5,8-9,15,18H,2,6-7,10H2,1H3,(H,19,20). The maximum absolute atomic E-state index is 12.8. The van der Waals surface area contributed by atoms with Gasteiger partial charge in [0.2, 0.25) is 0 Å². The lowest BCUT2D eigenvalue weighted by molar-refractivity contribution is 0.0628. The van der Waals surface area contributed by atoms with E-state index >= 15 is 0 Å². The molecular formula is C16H19ClN4O. The number of amides is 1. The van der Waals surface area contributed by atoms with Crippen molar-refractivity contribution >= 4 is 17.5 Å². The number of hydrogen-bond donors (Lipinski definition) is 2. The van der Waals surface area contributed by atoms with Gasteiger partial charge in [0, 0.05) is 30.4 Å². The van der Waals surface area contributed by atoms with E-state index in [0.29, 0.717) is 17.3 Å². The second-order valence-corrected chi connectivity index (χ2v) is 5.84. The van der Waals surface area contributed by atoms with Gasteiger partial charge >= 0.3 is 0 Å². The van der Waals surface area contributed by atoms with Crippen LogP contribution in [-0.4, -0.2) is 40.6 Å². The van der Waals surface area contributed by atoms with Crippen LogP contribution in [0.15, 0.2) is 30.3 Å². The third kappa shape index (κ3) is 3.00. The first-order valence-electron chi connectivity index (χ1n) is 7.50. The van der Waals surface area contributed by atoms with E-state index in [0.717, 1.165) is 30.8 Å². The highest BCUT2D eigenvalue weighted by Crippen LogP contribution is 2.26. The lowest BCUT2D eigenvalue weighted by Crippen LogP contribution is -2.48. The van der Waals surface area contributed by atoms with Crippen molar-refractivity contribution in [3.05, 3.63) is 52.3 Å². The van der Waals surface area contributed by atoms with Gasteiger partial charge in [-0.1, -0.05) is 30.7 Å². The van der Waals surface area contributed by atoms with Crippen molar-refractivity contribution in [2.24, 2.45) is 0 Å². The zero-order valence-corrected chi connectivity index (χ0v) is 13.2. The molecule has 6 heteroatoms. The van der Waals surface area contributed by atoms with Crippen LogP contribution in [0.4, 0.5) is 0 Å². The van der Waals surface area contributed by atoms with Crippen LogP contribution in [0, 0.1) is 0 Å². The number of aromatic nitrogens is 2. The lowest BCUT2D eigenvalue weighted by Gasteiger charge is -2.36. The van der Waals surface area contributed by atoms with Crippen LogP contribution in [0.3, 0.4) is 0 Å². The number of carbonyl (C=O) groups excluding carboxylic acids is 1. The van der Waals surface area contributed by atoms with Gasteiger partial charge < -0.3 is 10.2 Å². The van der Waals surface area contributed by atoms with E-state index < -0.39 is 0 Å². The van der Waals surface area contributed by atoms with Crippen LogP contribution in [0.25, 0.3) is 0 Å². The van der Waals surface area contributed by atoms with E-state index in [1.165, 1.54) is 0 Å². The molecular weight excluding hydrogens is 300 g/mol. The number of nitrogens with zero attached hydrogens (tertiary/aromatic N) is 2. The highest BCUT2D eigenvalue weighted by molar-refractivity contribution is 6.30. The first-order valence-corrected chi connectivity index (χ1v) is 7.88. The maximum Gasteiger partial charge on any atom is 0.274 e. The van der Waals surface area contributed by atoms with Gasteiger partial charge in [-0.15, -0.1) is 0 Å². The number of nitrogens with one attached hydrogen (secondary N) is 2.